The van der Waals surface area contributed by atoms with Gasteiger partial charge in [0.2, 0.25) is 0 Å². The topological polar surface area (TPSA) is 99.1 Å². The van der Waals surface area contributed by atoms with E-state index in [4.69, 9.17) is 9.84 Å². The first-order chi connectivity index (χ1) is 8.58. The van der Waals surface area contributed by atoms with Gasteiger partial charge in [-0.3, -0.25) is 0 Å². The number of aliphatic hydroxyl groups is 1. The third kappa shape index (κ3) is 2.91. The van der Waals surface area contributed by atoms with Crippen molar-refractivity contribution >= 4 is 12.0 Å². The van der Waals surface area contributed by atoms with Gasteiger partial charge in [-0.25, -0.2) is 9.59 Å². The molecule has 0 saturated carbocycles. The first-order valence-electron chi connectivity index (χ1n) is 6.13. The molecule has 2 fully saturated rings. The molecule has 2 saturated heterocycles. The lowest BCUT2D eigenvalue weighted by Gasteiger charge is -2.27. The van der Waals surface area contributed by atoms with Crippen LogP contribution in [-0.4, -0.2) is 65.1 Å². The second-order valence-electron chi connectivity index (χ2n) is 4.73. The van der Waals surface area contributed by atoms with Crippen LogP contribution in [0.5, 0.6) is 0 Å². The van der Waals surface area contributed by atoms with Crippen molar-refractivity contribution in [2.45, 2.75) is 37.5 Å². The van der Waals surface area contributed by atoms with E-state index in [-0.39, 0.29) is 19.0 Å². The van der Waals surface area contributed by atoms with Crippen molar-refractivity contribution in [1.29, 1.82) is 0 Å². The highest BCUT2D eigenvalue weighted by atomic mass is 16.5. The molecule has 7 heteroatoms. The highest BCUT2D eigenvalue weighted by molar-refractivity contribution is 5.83. The summed E-state index contributed by atoms with van der Waals surface area (Å²) in [5.41, 5.74) is 0. The van der Waals surface area contributed by atoms with Gasteiger partial charge in [-0.15, -0.1) is 0 Å². The zero-order valence-electron chi connectivity index (χ0n) is 10.0. The van der Waals surface area contributed by atoms with Crippen LogP contribution in [0.3, 0.4) is 0 Å². The molecule has 2 heterocycles. The molecule has 2 aliphatic rings. The highest BCUT2D eigenvalue weighted by Gasteiger charge is 2.39. The summed E-state index contributed by atoms with van der Waals surface area (Å²) in [5, 5.41) is 21.3. The van der Waals surface area contributed by atoms with E-state index < -0.39 is 24.1 Å². The van der Waals surface area contributed by atoms with Crippen LogP contribution < -0.4 is 5.32 Å². The molecule has 0 spiro atoms. The summed E-state index contributed by atoms with van der Waals surface area (Å²) >= 11 is 0. The molecular formula is C11H18N2O5. The average Bonchev–Trinajstić information content (AvgIpc) is 2.73. The maximum atomic E-state index is 12.0. The van der Waals surface area contributed by atoms with Crippen molar-refractivity contribution in [2.24, 2.45) is 0 Å². The molecule has 0 bridgehead atoms. The minimum atomic E-state index is -1.08. The van der Waals surface area contributed by atoms with Crippen molar-refractivity contribution in [3.63, 3.8) is 0 Å². The highest BCUT2D eigenvalue weighted by Crippen LogP contribution is 2.19. The van der Waals surface area contributed by atoms with Gasteiger partial charge >= 0.3 is 12.0 Å². The summed E-state index contributed by atoms with van der Waals surface area (Å²) < 4.78 is 5.18. The standard InChI is InChI=1S/C11H18N2O5/c14-8-5-9(10(15)16)13(6-8)11(17)12-7-1-3-18-4-2-7/h7-9,14H,1-6H2,(H,12,17)(H,15,16)/t8-,9-/m0/s1. The molecule has 2 atom stereocenters. The number of rotatable bonds is 2. The van der Waals surface area contributed by atoms with Gasteiger partial charge in [0.1, 0.15) is 6.04 Å². The Morgan fingerprint density at radius 1 is 1.28 bits per heavy atom. The Labute approximate surface area is 105 Å². The molecule has 2 aliphatic heterocycles. The molecule has 2 amide bonds. The van der Waals surface area contributed by atoms with Gasteiger partial charge in [-0.2, -0.15) is 0 Å². The number of carbonyl (C=O) groups is 2. The lowest BCUT2D eigenvalue weighted by atomic mass is 10.1. The van der Waals surface area contributed by atoms with Crippen LogP contribution in [-0.2, 0) is 9.53 Å². The number of carboxylic acid groups (broad SMARTS) is 1. The summed E-state index contributed by atoms with van der Waals surface area (Å²) in [7, 11) is 0. The van der Waals surface area contributed by atoms with Crippen molar-refractivity contribution in [1.82, 2.24) is 10.2 Å². The van der Waals surface area contributed by atoms with Crippen molar-refractivity contribution in [3.05, 3.63) is 0 Å². The van der Waals surface area contributed by atoms with E-state index in [0.717, 1.165) is 12.8 Å². The number of carboxylic acids is 1. The smallest absolute Gasteiger partial charge is 0.326 e. The van der Waals surface area contributed by atoms with E-state index in [2.05, 4.69) is 5.32 Å². The van der Waals surface area contributed by atoms with Gasteiger partial charge < -0.3 is 25.2 Å². The predicted molar refractivity (Wildman–Crippen MR) is 61.1 cm³/mol. The van der Waals surface area contributed by atoms with E-state index in [1.54, 1.807) is 0 Å². The number of β-amino-alcohol motifs (C(OH)–C–C–N with tert-alkyl or cyclic N) is 1. The monoisotopic (exact) mass is 258 g/mol. The number of hydrogen-bond donors (Lipinski definition) is 3. The molecule has 2 rings (SSSR count). The maximum Gasteiger partial charge on any atom is 0.326 e. The van der Waals surface area contributed by atoms with Gasteiger partial charge in [0.05, 0.1) is 6.10 Å². The molecule has 18 heavy (non-hydrogen) atoms. The molecule has 7 nitrogen and oxygen atoms in total. The van der Waals surface area contributed by atoms with Gasteiger partial charge in [-0.1, -0.05) is 0 Å². The van der Waals surface area contributed by atoms with Gasteiger partial charge in [0.15, 0.2) is 0 Å². The number of aliphatic hydroxyl groups excluding tert-OH is 1. The minimum Gasteiger partial charge on any atom is -0.480 e. The van der Waals surface area contributed by atoms with Crippen LogP contribution in [0.2, 0.25) is 0 Å². The van der Waals surface area contributed by atoms with Crippen LogP contribution in [0, 0.1) is 0 Å². The molecule has 0 aromatic heterocycles. The Kier molecular flexibility index (Phi) is 4.03. The summed E-state index contributed by atoms with van der Waals surface area (Å²) in [6.45, 7) is 1.29. The first-order valence-corrected chi connectivity index (χ1v) is 6.13. The number of nitrogens with one attached hydrogen (secondary N) is 1. The Morgan fingerprint density at radius 2 is 1.94 bits per heavy atom. The van der Waals surface area contributed by atoms with Crippen LogP contribution in [0.25, 0.3) is 0 Å². The number of carbonyl (C=O) groups excluding carboxylic acids is 1. The first kappa shape index (κ1) is 13.1. The molecule has 0 aliphatic carbocycles. The Balaban J connectivity index is 1.92. The largest absolute Gasteiger partial charge is 0.480 e. The Bertz CT molecular complexity index is 329. The zero-order valence-corrected chi connectivity index (χ0v) is 10.0. The molecule has 102 valence electrons. The van der Waals surface area contributed by atoms with Crippen molar-refractivity contribution in [2.75, 3.05) is 19.8 Å². The van der Waals surface area contributed by atoms with E-state index in [0.29, 0.717) is 13.2 Å². The Hall–Kier alpha value is -1.34. The lowest BCUT2D eigenvalue weighted by molar-refractivity contribution is -0.141. The lowest BCUT2D eigenvalue weighted by Crippen LogP contribution is -2.50. The second kappa shape index (κ2) is 5.53. The van der Waals surface area contributed by atoms with Gasteiger partial charge in [-0.05, 0) is 12.8 Å². The number of ether oxygens (including phenoxy) is 1. The van der Waals surface area contributed by atoms with Crippen LogP contribution in [0.15, 0.2) is 0 Å². The molecule has 3 N–H and O–H groups in total. The second-order valence-corrected chi connectivity index (χ2v) is 4.73. The summed E-state index contributed by atoms with van der Waals surface area (Å²) in [6.07, 6.45) is 0.808. The maximum absolute atomic E-state index is 12.0. The van der Waals surface area contributed by atoms with Gasteiger partial charge in [0.25, 0.3) is 0 Å². The van der Waals surface area contributed by atoms with E-state index in [1.807, 2.05) is 0 Å². The number of hydrogen-bond acceptors (Lipinski definition) is 4. The SMILES string of the molecule is O=C(O)[C@@H]1C[C@H](O)CN1C(=O)NC1CCOCC1. The number of amides is 2. The van der Waals surface area contributed by atoms with Crippen LogP contribution in [0.1, 0.15) is 19.3 Å². The summed E-state index contributed by atoms with van der Waals surface area (Å²) in [4.78, 5) is 24.2. The average molecular weight is 258 g/mol. The fourth-order valence-corrected chi connectivity index (χ4v) is 2.37. The number of urea groups is 1. The van der Waals surface area contributed by atoms with E-state index >= 15 is 0 Å². The molecule has 0 unspecified atom stereocenters. The normalized spacial score (nSPS) is 29.3. The third-order valence-corrected chi connectivity index (χ3v) is 3.37. The molecule has 0 radical (unpaired) electrons. The quantitative estimate of drug-likeness (QED) is 0.614. The molecule has 0 aromatic rings. The van der Waals surface area contributed by atoms with Crippen LogP contribution in [0.4, 0.5) is 4.79 Å². The zero-order chi connectivity index (χ0) is 13.1. The Morgan fingerprint density at radius 3 is 2.56 bits per heavy atom. The summed E-state index contributed by atoms with van der Waals surface area (Å²) in [6, 6.07) is -1.32. The predicted octanol–water partition coefficient (Wildman–Crippen LogP) is -0.605. The summed E-state index contributed by atoms with van der Waals surface area (Å²) in [5.74, 6) is -1.08. The number of nitrogens with zero attached hydrogens (tertiary/aromatic N) is 1. The number of likely N-dealkylation sites (tertiary alicyclic amines) is 1. The van der Waals surface area contributed by atoms with Crippen LogP contribution >= 0.6 is 0 Å². The number of aliphatic carboxylic acids is 1. The molecule has 0 aromatic carbocycles. The van der Waals surface area contributed by atoms with E-state index in [9.17, 15) is 14.7 Å². The van der Waals surface area contributed by atoms with E-state index in [1.165, 1.54) is 4.90 Å². The van der Waals surface area contributed by atoms with Crippen molar-refractivity contribution < 1.29 is 24.5 Å². The fourth-order valence-electron chi connectivity index (χ4n) is 2.37. The van der Waals surface area contributed by atoms with Crippen molar-refractivity contribution in [3.8, 4) is 0 Å². The molecular weight excluding hydrogens is 240 g/mol. The third-order valence-electron chi connectivity index (χ3n) is 3.37. The van der Waals surface area contributed by atoms with Gasteiger partial charge in [0, 0.05) is 32.2 Å². The minimum absolute atomic E-state index is 0.0263. The fraction of sp³-hybridized carbons (Fsp3) is 0.818.